The molecule has 0 aliphatic heterocycles. The number of aryl methyl sites for hydroxylation is 1. The van der Waals surface area contributed by atoms with Crippen LogP contribution in [0.25, 0.3) is 11.4 Å². The molecule has 0 spiro atoms. The average Bonchev–Trinajstić information content (AvgIpc) is 3.32. The number of rotatable bonds is 9. The van der Waals surface area contributed by atoms with Crippen LogP contribution >= 0.6 is 0 Å². The van der Waals surface area contributed by atoms with E-state index in [2.05, 4.69) is 15.0 Å². The first-order chi connectivity index (χ1) is 12.6. The number of hydrogen-bond donors (Lipinski definition) is 1. The predicted molar refractivity (Wildman–Crippen MR) is 98.5 cm³/mol. The third-order valence-corrected chi connectivity index (χ3v) is 4.32. The molecule has 26 heavy (non-hydrogen) atoms. The highest BCUT2D eigenvalue weighted by Crippen LogP contribution is 2.17. The smallest absolute Gasteiger partial charge is 0.228 e. The maximum absolute atomic E-state index is 10.0. The second kappa shape index (κ2) is 8.78. The molecule has 0 radical (unpaired) electrons. The molecule has 6 heteroatoms. The zero-order chi connectivity index (χ0) is 18.4. The first-order valence-electron chi connectivity index (χ1n) is 8.96. The van der Waals surface area contributed by atoms with Gasteiger partial charge < -0.3 is 14.0 Å². The highest BCUT2D eigenvalue weighted by atomic mass is 16.5. The summed E-state index contributed by atoms with van der Waals surface area (Å²) in [4.78, 5) is 6.63. The zero-order valence-corrected chi connectivity index (χ0v) is 15.3. The van der Waals surface area contributed by atoms with Crippen LogP contribution in [0.1, 0.15) is 30.6 Å². The maximum atomic E-state index is 10.0. The minimum atomic E-state index is -0.365. The first kappa shape index (κ1) is 18.4. The number of hydrogen-bond acceptors (Lipinski definition) is 6. The normalized spacial score (nSPS) is 12.6. The Balaban J connectivity index is 1.62. The van der Waals surface area contributed by atoms with Gasteiger partial charge >= 0.3 is 0 Å². The van der Waals surface area contributed by atoms with Gasteiger partial charge in [-0.2, -0.15) is 4.98 Å². The van der Waals surface area contributed by atoms with Crippen LogP contribution in [0.3, 0.4) is 0 Å². The van der Waals surface area contributed by atoms with Gasteiger partial charge in [-0.05, 0) is 25.5 Å². The average molecular weight is 355 g/mol. The molecular formula is C20H25N3O3. The molecule has 2 aromatic heterocycles. The van der Waals surface area contributed by atoms with E-state index in [-0.39, 0.29) is 6.10 Å². The first-order valence-corrected chi connectivity index (χ1v) is 8.96. The number of aliphatic hydroxyl groups excluding tert-OH is 1. The van der Waals surface area contributed by atoms with Gasteiger partial charge in [-0.25, -0.2) is 0 Å². The van der Waals surface area contributed by atoms with E-state index in [9.17, 15) is 5.11 Å². The largest absolute Gasteiger partial charge is 0.468 e. The maximum Gasteiger partial charge on any atom is 0.228 e. The number of aliphatic hydroxyl groups is 1. The Bertz CT molecular complexity index is 781. The summed E-state index contributed by atoms with van der Waals surface area (Å²) in [6.07, 6.45) is 2.63. The number of nitrogens with zero attached hydrogens (tertiary/aromatic N) is 3. The van der Waals surface area contributed by atoms with Crippen LogP contribution in [0.15, 0.2) is 51.6 Å². The van der Waals surface area contributed by atoms with Crippen LogP contribution < -0.4 is 0 Å². The van der Waals surface area contributed by atoms with Crippen molar-refractivity contribution in [3.63, 3.8) is 0 Å². The van der Waals surface area contributed by atoms with Crippen LogP contribution in [-0.4, -0.2) is 39.3 Å². The van der Waals surface area contributed by atoms with Crippen molar-refractivity contribution < 1.29 is 14.0 Å². The Hall–Kier alpha value is -2.44. The van der Waals surface area contributed by atoms with Gasteiger partial charge in [0.1, 0.15) is 5.76 Å². The van der Waals surface area contributed by atoms with Gasteiger partial charge in [0.05, 0.1) is 18.9 Å². The van der Waals surface area contributed by atoms with Gasteiger partial charge in [0.25, 0.3) is 0 Å². The van der Waals surface area contributed by atoms with E-state index in [0.717, 1.165) is 11.3 Å². The fourth-order valence-electron chi connectivity index (χ4n) is 2.72. The van der Waals surface area contributed by atoms with Crippen molar-refractivity contribution >= 4 is 0 Å². The molecule has 6 nitrogen and oxygen atoms in total. The van der Waals surface area contributed by atoms with Crippen molar-refractivity contribution in [1.29, 1.82) is 0 Å². The quantitative estimate of drug-likeness (QED) is 0.633. The Kier molecular flexibility index (Phi) is 6.20. The molecule has 1 N–H and O–H groups in total. The van der Waals surface area contributed by atoms with E-state index in [0.29, 0.717) is 44.2 Å². The molecule has 1 unspecified atom stereocenters. The Morgan fingerprint density at radius 2 is 2.00 bits per heavy atom. The van der Waals surface area contributed by atoms with Gasteiger partial charge in [-0.1, -0.05) is 41.9 Å². The van der Waals surface area contributed by atoms with Gasteiger partial charge in [-0.3, -0.25) is 4.90 Å². The molecule has 0 saturated carbocycles. The van der Waals surface area contributed by atoms with Gasteiger partial charge in [-0.15, -0.1) is 0 Å². The van der Waals surface area contributed by atoms with Crippen LogP contribution in [0.5, 0.6) is 0 Å². The van der Waals surface area contributed by atoms with E-state index in [1.54, 1.807) is 6.26 Å². The van der Waals surface area contributed by atoms with Crippen molar-refractivity contribution in [2.45, 2.75) is 39.3 Å². The van der Waals surface area contributed by atoms with Crippen molar-refractivity contribution in [3.05, 3.63) is 59.9 Å². The lowest BCUT2D eigenvalue weighted by molar-refractivity contribution is 0.101. The monoisotopic (exact) mass is 355 g/mol. The summed E-state index contributed by atoms with van der Waals surface area (Å²) in [5, 5.41) is 14.1. The molecule has 1 aromatic carbocycles. The fourth-order valence-corrected chi connectivity index (χ4v) is 2.72. The lowest BCUT2D eigenvalue weighted by Crippen LogP contribution is -2.33. The summed E-state index contributed by atoms with van der Waals surface area (Å²) in [7, 11) is 0. The minimum absolute atomic E-state index is 0.365. The number of furan rings is 1. The van der Waals surface area contributed by atoms with Gasteiger partial charge in [0.15, 0.2) is 0 Å². The van der Waals surface area contributed by atoms with Crippen LogP contribution in [-0.2, 0) is 13.0 Å². The molecule has 0 fully saturated rings. The molecule has 3 rings (SSSR count). The predicted octanol–water partition coefficient (Wildman–Crippen LogP) is 3.45. The third-order valence-electron chi connectivity index (χ3n) is 4.32. The van der Waals surface area contributed by atoms with Gasteiger partial charge in [0, 0.05) is 25.1 Å². The minimum Gasteiger partial charge on any atom is -0.468 e. The molecular weight excluding hydrogens is 330 g/mol. The molecule has 3 aromatic rings. The SMILES string of the molecule is CCC(O)CN(CCc1nc(-c2ccc(C)cc2)no1)Cc1ccco1. The zero-order valence-electron chi connectivity index (χ0n) is 15.3. The highest BCUT2D eigenvalue weighted by Gasteiger charge is 2.15. The van der Waals surface area contributed by atoms with Crippen LogP contribution in [0.4, 0.5) is 0 Å². The van der Waals surface area contributed by atoms with Crippen LogP contribution in [0, 0.1) is 6.92 Å². The molecule has 0 aliphatic rings. The standard InChI is InChI=1S/C20H25N3O3/c1-3-17(24)13-23(14-18-5-4-12-25-18)11-10-19-21-20(22-26-19)16-8-6-15(2)7-9-16/h4-9,12,17,24H,3,10-11,13-14H2,1-2H3. The summed E-state index contributed by atoms with van der Waals surface area (Å²) in [5.74, 6) is 2.07. The molecule has 0 bridgehead atoms. The summed E-state index contributed by atoms with van der Waals surface area (Å²) in [6.45, 7) is 5.94. The van der Waals surface area contributed by atoms with E-state index >= 15 is 0 Å². The number of aromatic nitrogens is 2. The Labute approximate surface area is 153 Å². The van der Waals surface area contributed by atoms with E-state index in [1.165, 1.54) is 5.56 Å². The van der Waals surface area contributed by atoms with Crippen molar-refractivity contribution in [3.8, 4) is 11.4 Å². The molecule has 138 valence electrons. The van der Waals surface area contributed by atoms with Crippen molar-refractivity contribution in [1.82, 2.24) is 15.0 Å². The van der Waals surface area contributed by atoms with E-state index in [4.69, 9.17) is 8.94 Å². The number of benzene rings is 1. The van der Waals surface area contributed by atoms with Crippen molar-refractivity contribution in [2.75, 3.05) is 13.1 Å². The second-order valence-corrected chi connectivity index (χ2v) is 6.50. The molecule has 2 heterocycles. The lowest BCUT2D eigenvalue weighted by atomic mass is 10.1. The van der Waals surface area contributed by atoms with E-state index in [1.807, 2.05) is 50.2 Å². The van der Waals surface area contributed by atoms with Crippen LogP contribution in [0.2, 0.25) is 0 Å². The second-order valence-electron chi connectivity index (χ2n) is 6.50. The van der Waals surface area contributed by atoms with E-state index < -0.39 is 0 Å². The summed E-state index contributed by atoms with van der Waals surface area (Å²) in [6, 6.07) is 11.9. The summed E-state index contributed by atoms with van der Waals surface area (Å²) in [5.41, 5.74) is 2.14. The topological polar surface area (TPSA) is 75.5 Å². The lowest BCUT2D eigenvalue weighted by Gasteiger charge is -2.23. The third kappa shape index (κ3) is 5.03. The Morgan fingerprint density at radius 3 is 2.69 bits per heavy atom. The molecule has 1 atom stereocenters. The molecule has 0 saturated heterocycles. The molecule has 0 aliphatic carbocycles. The Morgan fingerprint density at radius 1 is 1.19 bits per heavy atom. The molecule has 0 amide bonds. The summed E-state index contributed by atoms with van der Waals surface area (Å²) >= 11 is 0. The summed E-state index contributed by atoms with van der Waals surface area (Å²) < 4.78 is 10.8. The van der Waals surface area contributed by atoms with Gasteiger partial charge in [0.2, 0.25) is 11.7 Å². The fraction of sp³-hybridized carbons (Fsp3) is 0.400. The highest BCUT2D eigenvalue weighted by molar-refractivity contribution is 5.54. The van der Waals surface area contributed by atoms with Crippen molar-refractivity contribution in [2.24, 2.45) is 0 Å².